The van der Waals surface area contributed by atoms with Gasteiger partial charge in [-0.2, -0.15) is 0 Å². The second-order valence-corrected chi connectivity index (χ2v) is 3.91. The summed E-state index contributed by atoms with van der Waals surface area (Å²) in [5, 5.41) is 0. The molecule has 0 heterocycles. The van der Waals surface area contributed by atoms with Crippen LogP contribution in [0.25, 0.3) is 0 Å². The molecule has 3 heteroatoms. The zero-order chi connectivity index (χ0) is 12.4. The Balaban J connectivity index is 2.40. The van der Waals surface area contributed by atoms with E-state index in [1.807, 2.05) is 0 Å². The summed E-state index contributed by atoms with van der Waals surface area (Å²) in [4.78, 5) is 12.1. The number of aryl methyl sites for hydroxylation is 1. The quantitative estimate of drug-likeness (QED) is 0.635. The van der Waals surface area contributed by atoms with Gasteiger partial charge in [-0.25, -0.2) is 4.39 Å². The minimum absolute atomic E-state index is 0.123. The molecular weight excluding hydrogens is 217 g/mol. The Labute approximate surface area is 98.9 Å². The highest BCUT2D eigenvalue weighted by Crippen LogP contribution is 2.16. The number of hydrogen-bond acceptors (Lipinski definition) is 2. The first-order valence-corrected chi connectivity index (χ1v) is 5.24. The smallest absolute Gasteiger partial charge is 0.193 e. The number of nitrogen functional groups attached to an aromatic ring is 1. The Kier molecular flexibility index (Phi) is 2.91. The molecule has 2 rings (SSSR count). The summed E-state index contributed by atoms with van der Waals surface area (Å²) in [6, 6.07) is 10.8. The van der Waals surface area contributed by atoms with E-state index >= 15 is 0 Å². The Hall–Kier alpha value is -2.16. The lowest BCUT2D eigenvalue weighted by Crippen LogP contribution is -2.04. The Bertz CT molecular complexity index is 561. The third-order valence-electron chi connectivity index (χ3n) is 2.61. The number of carbonyl (C=O) groups is 1. The van der Waals surface area contributed by atoms with Gasteiger partial charge in [0.1, 0.15) is 5.82 Å². The van der Waals surface area contributed by atoms with E-state index in [2.05, 4.69) is 0 Å². The SMILES string of the molecule is Cc1cc(F)ccc1C(=O)c1ccc(N)cc1. The Morgan fingerprint density at radius 1 is 1.12 bits per heavy atom. The summed E-state index contributed by atoms with van der Waals surface area (Å²) in [5.74, 6) is -0.459. The molecule has 17 heavy (non-hydrogen) atoms. The fraction of sp³-hybridized carbons (Fsp3) is 0.0714. The van der Waals surface area contributed by atoms with Gasteiger partial charge in [-0.15, -0.1) is 0 Å². The fourth-order valence-electron chi connectivity index (χ4n) is 1.67. The second kappa shape index (κ2) is 4.37. The van der Waals surface area contributed by atoms with Crippen LogP contribution in [0.4, 0.5) is 10.1 Å². The van der Waals surface area contributed by atoms with Crippen molar-refractivity contribution in [1.29, 1.82) is 0 Å². The van der Waals surface area contributed by atoms with E-state index in [1.165, 1.54) is 18.2 Å². The minimum atomic E-state index is -0.337. The average molecular weight is 229 g/mol. The first-order chi connectivity index (χ1) is 8.08. The third kappa shape index (κ3) is 2.33. The lowest BCUT2D eigenvalue weighted by molar-refractivity contribution is 0.103. The number of rotatable bonds is 2. The van der Waals surface area contributed by atoms with E-state index in [1.54, 1.807) is 31.2 Å². The number of benzene rings is 2. The number of ketones is 1. The fourth-order valence-corrected chi connectivity index (χ4v) is 1.67. The van der Waals surface area contributed by atoms with Crippen molar-refractivity contribution in [2.45, 2.75) is 6.92 Å². The summed E-state index contributed by atoms with van der Waals surface area (Å²) in [6.45, 7) is 1.72. The minimum Gasteiger partial charge on any atom is -0.399 e. The topological polar surface area (TPSA) is 43.1 Å². The van der Waals surface area contributed by atoms with Crippen molar-refractivity contribution in [2.75, 3.05) is 5.73 Å². The molecule has 0 atom stereocenters. The number of anilines is 1. The van der Waals surface area contributed by atoms with Crippen LogP contribution in [0.1, 0.15) is 21.5 Å². The number of nitrogens with two attached hydrogens (primary N) is 1. The van der Waals surface area contributed by atoms with E-state index in [-0.39, 0.29) is 11.6 Å². The van der Waals surface area contributed by atoms with Gasteiger partial charge in [0.2, 0.25) is 0 Å². The molecule has 86 valence electrons. The highest BCUT2D eigenvalue weighted by Gasteiger charge is 2.11. The van der Waals surface area contributed by atoms with Crippen LogP contribution in [0.3, 0.4) is 0 Å². The van der Waals surface area contributed by atoms with Gasteiger partial charge in [0.15, 0.2) is 5.78 Å². The summed E-state index contributed by atoms with van der Waals surface area (Å²) in [6.07, 6.45) is 0. The third-order valence-corrected chi connectivity index (χ3v) is 2.61. The molecule has 0 spiro atoms. The van der Waals surface area contributed by atoms with E-state index in [9.17, 15) is 9.18 Å². The maximum absolute atomic E-state index is 12.9. The van der Waals surface area contributed by atoms with Gasteiger partial charge < -0.3 is 5.73 Å². The van der Waals surface area contributed by atoms with Crippen molar-refractivity contribution in [3.63, 3.8) is 0 Å². The molecular formula is C14H12FNO. The highest BCUT2D eigenvalue weighted by molar-refractivity contribution is 6.09. The van der Waals surface area contributed by atoms with Gasteiger partial charge in [0, 0.05) is 16.8 Å². The van der Waals surface area contributed by atoms with Gasteiger partial charge >= 0.3 is 0 Å². The van der Waals surface area contributed by atoms with Crippen LogP contribution in [0.15, 0.2) is 42.5 Å². The molecule has 0 aliphatic heterocycles. The molecule has 0 fully saturated rings. The van der Waals surface area contributed by atoms with Crippen molar-refractivity contribution >= 4 is 11.5 Å². The van der Waals surface area contributed by atoms with E-state index in [0.29, 0.717) is 22.4 Å². The maximum Gasteiger partial charge on any atom is 0.193 e. The van der Waals surface area contributed by atoms with Gasteiger partial charge in [-0.3, -0.25) is 4.79 Å². The second-order valence-electron chi connectivity index (χ2n) is 3.91. The Morgan fingerprint density at radius 2 is 1.76 bits per heavy atom. The molecule has 2 nitrogen and oxygen atoms in total. The summed E-state index contributed by atoms with van der Waals surface area (Å²) >= 11 is 0. The molecule has 0 aromatic heterocycles. The molecule has 0 unspecified atom stereocenters. The average Bonchev–Trinajstić information content (AvgIpc) is 2.29. The predicted octanol–water partition coefficient (Wildman–Crippen LogP) is 2.95. The predicted molar refractivity (Wildman–Crippen MR) is 65.4 cm³/mol. The molecule has 2 N–H and O–H groups in total. The highest BCUT2D eigenvalue weighted by atomic mass is 19.1. The molecule has 0 aliphatic rings. The maximum atomic E-state index is 12.9. The van der Waals surface area contributed by atoms with Crippen LogP contribution in [-0.2, 0) is 0 Å². The largest absolute Gasteiger partial charge is 0.399 e. The number of carbonyl (C=O) groups excluding carboxylic acids is 1. The first kappa shape index (κ1) is 11.3. The van der Waals surface area contributed by atoms with Crippen LogP contribution in [-0.4, -0.2) is 5.78 Å². The lowest BCUT2D eigenvalue weighted by Gasteiger charge is -2.05. The first-order valence-electron chi connectivity index (χ1n) is 5.24. The molecule has 0 saturated heterocycles. The van der Waals surface area contributed by atoms with Crippen molar-refractivity contribution in [2.24, 2.45) is 0 Å². The normalized spacial score (nSPS) is 10.2. The van der Waals surface area contributed by atoms with E-state index < -0.39 is 0 Å². The zero-order valence-electron chi connectivity index (χ0n) is 9.41. The zero-order valence-corrected chi connectivity index (χ0v) is 9.41. The van der Waals surface area contributed by atoms with Crippen LogP contribution in [0.5, 0.6) is 0 Å². The van der Waals surface area contributed by atoms with Gasteiger partial charge in [0.25, 0.3) is 0 Å². The van der Waals surface area contributed by atoms with Crippen LogP contribution < -0.4 is 5.73 Å². The monoisotopic (exact) mass is 229 g/mol. The summed E-state index contributed by atoms with van der Waals surface area (Å²) < 4.78 is 12.9. The molecule has 2 aromatic rings. The standard InChI is InChI=1S/C14H12FNO/c1-9-8-11(15)4-7-13(9)14(17)10-2-5-12(16)6-3-10/h2-8H,16H2,1H3. The van der Waals surface area contributed by atoms with Gasteiger partial charge in [-0.1, -0.05) is 0 Å². The number of hydrogen-bond donors (Lipinski definition) is 1. The van der Waals surface area contributed by atoms with Crippen molar-refractivity contribution in [3.05, 3.63) is 65.0 Å². The van der Waals surface area contributed by atoms with Gasteiger partial charge in [-0.05, 0) is 55.0 Å². The molecule has 0 aliphatic carbocycles. The van der Waals surface area contributed by atoms with E-state index in [4.69, 9.17) is 5.73 Å². The van der Waals surface area contributed by atoms with Crippen LogP contribution >= 0.6 is 0 Å². The lowest BCUT2D eigenvalue weighted by atomic mass is 9.99. The van der Waals surface area contributed by atoms with E-state index in [0.717, 1.165) is 0 Å². The van der Waals surface area contributed by atoms with Crippen LogP contribution in [0.2, 0.25) is 0 Å². The van der Waals surface area contributed by atoms with Crippen LogP contribution in [0, 0.1) is 12.7 Å². The molecule has 2 aromatic carbocycles. The number of halogens is 1. The van der Waals surface area contributed by atoms with Crippen molar-refractivity contribution < 1.29 is 9.18 Å². The molecule has 0 amide bonds. The molecule has 0 radical (unpaired) electrons. The molecule has 0 saturated carbocycles. The molecule has 0 bridgehead atoms. The Morgan fingerprint density at radius 3 is 2.35 bits per heavy atom. The van der Waals surface area contributed by atoms with Crippen molar-refractivity contribution in [3.8, 4) is 0 Å². The van der Waals surface area contributed by atoms with Gasteiger partial charge in [0.05, 0.1) is 0 Å². The van der Waals surface area contributed by atoms with Crippen molar-refractivity contribution in [1.82, 2.24) is 0 Å². The summed E-state index contributed by atoms with van der Waals surface area (Å²) in [7, 11) is 0. The summed E-state index contributed by atoms with van der Waals surface area (Å²) in [5.41, 5.74) is 7.85.